The third kappa shape index (κ3) is 1.52. The Labute approximate surface area is 107 Å². The van der Waals surface area contributed by atoms with E-state index in [1.165, 1.54) is 5.69 Å². The second-order valence-electron chi connectivity index (χ2n) is 4.20. The van der Waals surface area contributed by atoms with Crippen LogP contribution in [0.15, 0.2) is 18.7 Å². The van der Waals surface area contributed by atoms with Gasteiger partial charge in [0, 0.05) is 25.4 Å². The van der Waals surface area contributed by atoms with Crippen molar-refractivity contribution >= 4 is 21.8 Å². The zero-order valence-corrected chi connectivity index (χ0v) is 10.2. The largest absolute Gasteiger partial charge is 0.347 e. The molecule has 0 saturated heterocycles. The molecule has 1 atom stereocenters. The van der Waals surface area contributed by atoms with Crippen molar-refractivity contribution in [2.45, 2.75) is 19.0 Å². The van der Waals surface area contributed by atoms with Crippen molar-refractivity contribution in [1.82, 2.24) is 30.2 Å². The summed E-state index contributed by atoms with van der Waals surface area (Å²) in [5.41, 5.74) is 3.02. The molecule has 0 amide bonds. The molecule has 0 saturated carbocycles. The first-order valence-corrected chi connectivity index (χ1v) is 6.54. The lowest BCUT2D eigenvalue weighted by molar-refractivity contribution is 0.488. The molecule has 3 aromatic rings. The van der Waals surface area contributed by atoms with Crippen molar-refractivity contribution in [1.29, 1.82) is 0 Å². The Bertz CT molecular complexity index is 669. The molecule has 0 aliphatic carbocycles. The molecule has 1 aliphatic heterocycles. The quantitative estimate of drug-likeness (QED) is 0.685. The van der Waals surface area contributed by atoms with Crippen molar-refractivity contribution in [2.75, 3.05) is 0 Å². The highest BCUT2D eigenvalue weighted by Crippen LogP contribution is 2.28. The molecular formula is C11H10N6S. The molecule has 0 bridgehead atoms. The molecule has 7 heteroatoms. The maximum atomic E-state index is 4.54. The molecule has 3 aromatic heterocycles. The zero-order valence-electron chi connectivity index (χ0n) is 9.42. The van der Waals surface area contributed by atoms with E-state index < -0.39 is 0 Å². The maximum Gasteiger partial charge on any atom is 0.189 e. The molecular weight excluding hydrogens is 248 g/mol. The standard InChI is InChI=1S/C11H10N6S/c1-2-13-11-9(12-1)17-10(18-11)7-3-6-8(4-14-7)16-5-15-6/h1-2,5,7,14H,3-4H2,(H,15,16). The molecule has 90 valence electrons. The van der Waals surface area contributed by atoms with E-state index in [4.69, 9.17) is 0 Å². The number of aromatic nitrogens is 5. The van der Waals surface area contributed by atoms with Gasteiger partial charge in [0.15, 0.2) is 10.5 Å². The average Bonchev–Trinajstić information content (AvgIpc) is 3.04. The lowest BCUT2D eigenvalue weighted by Gasteiger charge is -2.20. The number of imidazole rings is 1. The topological polar surface area (TPSA) is 79.4 Å². The normalized spacial score (nSPS) is 19.0. The molecule has 18 heavy (non-hydrogen) atoms. The molecule has 4 heterocycles. The van der Waals surface area contributed by atoms with Gasteiger partial charge in [-0.25, -0.2) is 19.9 Å². The number of rotatable bonds is 1. The number of nitrogens with zero attached hydrogens (tertiary/aromatic N) is 4. The molecule has 6 nitrogen and oxygen atoms in total. The smallest absolute Gasteiger partial charge is 0.189 e. The van der Waals surface area contributed by atoms with Gasteiger partial charge in [0.05, 0.1) is 23.8 Å². The number of thiazole rings is 1. The summed E-state index contributed by atoms with van der Waals surface area (Å²) in [6.45, 7) is 0.802. The highest BCUT2D eigenvalue weighted by atomic mass is 32.1. The van der Waals surface area contributed by atoms with Gasteiger partial charge in [0.2, 0.25) is 0 Å². The Morgan fingerprint density at radius 3 is 3.11 bits per heavy atom. The molecule has 2 N–H and O–H groups in total. The fourth-order valence-corrected chi connectivity index (χ4v) is 3.13. The Balaban J connectivity index is 1.72. The van der Waals surface area contributed by atoms with Crippen molar-refractivity contribution in [2.24, 2.45) is 0 Å². The molecule has 4 rings (SSSR count). The first kappa shape index (κ1) is 10.1. The van der Waals surface area contributed by atoms with Gasteiger partial charge in [0.25, 0.3) is 0 Å². The number of hydrogen-bond donors (Lipinski definition) is 2. The van der Waals surface area contributed by atoms with E-state index in [9.17, 15) is 0 Å². The number of fused-ring (bicyclic) bond motifs is 2. The fourth-order valence-electron chi connectivity index (χ4n) is 2.19. The summed E-state index contributed by atoms with van der Waals surface area (Å²) in [5.74, 6) is 0. The maximum absolute atomic E-state index is 4.54. The van der Waals surface area contributed by atoms with Gasteiger partial charge in [-0.3, -0.25) is 0 Å². The van der Waals surface area contributed by atoms with Crippen LogP contribution in [-0.4, -0.2) is 24.9 Å². The second-order valence-corrected chi connectivity index (χ2v) is 5.21. The van der Waals surface area contributed by atoms with Crippen molar-refractivity contribution in [3.05, 3.63) is 35.1 Å². The van der Waals surface area contributed by atoms with Gasteiger partial charge in [-0.05, 0) is 0 Å². The summed E-state index contributed by atoms with van der Waals surface area (Å²) in [4.78, 5) is 21.4. The lowest BCUT2D eigenvalue weighted by Crippen LogP contribution is -2.28. The van der Waals surface area contributed by atoms with Crippen LogP contribution in [0.5, 0.6) is 0 Å². The van der Waals surface area contributed by atoms with Crippen LogP contribution < -0.4 is 5.32 Å². The van der Waals surface area contributed by atoms with Crippen molar-refractivity contribution in [3.8, 4) is 0 Å². The summed E-state index contributed by atoms with van der Waals surface area (Å²) in [6, 6.07) is 0.210. The third-order valence-electron chi connectivity index (χ3n) is 3.09. The number of nitrogens with one attached hydrogen (secondary N) is 2. The van der Waals surface area contributed by atoms with Crippen LogP contribution in [-0.2, 0) is 13.0 Å². The number of hydrogen-bond acceptors (Lipinski definition) is 6. The molecule has 0 radical (unpaired) electrons. The molecule has 1 aliphatic rings. The Morgan fingerprint density at radius 2 is 2.17 bits per heavy atom. The number of H-pyrrole nitrogens is 1. The van der Waals surface area contributed by atoms with Crippen LogP contribution in [0.4, 0.5) is 0 Å². The van der Waals surface area contributed by atoms with Crippen LogP contribution in [0.1, 0.15) is 22.4 Å². The highest BCUT2D eigenvalue weighted by molar-refractivity contribution is 7.18. The monoisotopic (exact) mass is 258 g/mol. The fraction of sp³-hybridized carbons (Fsp3) is 0.273. The van der Waals surface area contributed by atoms with Crippen molar-refractivity contribution < 1.29 is 0 Å². The first-order valence-electron chi connectivity index (χ1n) is 5.72. The summed E-state index contributed by atoms with van der Waals surface area (Å²) in [5, 5.41) is 4.49. The third-order valence-corrected chi connectivity index (χ3v) is 4.16. The van der Waals surface area contributed by atoms with E-state index in [0.717, 1.165) is 34.1 Å². The summed E-state index contributed by atoms with van der Waals surface area (Å²) >= 11 is 1.60. The van der Waals surface area contributed by atoms with Gasteiger partial charge in [-0.2, -0.15) is 0 Å². The average molecular weight is 258 g/mol. The van der Waals surface area contributed by atoms with E-state index in [1.807, 2.05) is 0 Å². The first-order chi connectivity index (χ1) is 8.90. The van der Waals surface area contributed by atoms with Crippen LogP contribution >= 0.6 is 11.3 Å². The van der Waals surface area contributed by atoms with Gasteiger partial charge in [0.1, 0.15) is 5.01 Å². The van der Waals surface area contributed by atoms with E-state index in [0.29, 0.717) is 0 Å². The van der Waals surface area contributed by atoms with Crippen LogP contribution in [0.3, 0.4) is 0 Å². The minimum Gasteiger partial charge on any atom is -0.347 e. The van der Waals surface area contributed by atoms with Gasteiger partial charge in [-0.1, -0.05) is 11.3 Å². The molecule has 0 spiro atoms. The predicted octanol–water partition coefficient (Wildman–Crippen LogP) is 1.20. The van der Waals surface area contributed by atoms with Crippen LogP contribution in [0.2, 0.25) is 0 Å². The summed E-state index contributed by atoms with van der Waals surface area (Å²) < 4.78 is 0. The van der Waals surface area contributed by atoms with Crippen molar-refractivity contribution in [3.63, 3.8) is 0 Å². The SMILES string of the molecule is c1cnc2sc(C3Cc4nc[nH]c4CN3)nc2n1. The molecule has 0 aromatic carbocycles. The van der Waals surface area contributed by atoms with E-state index in [-0.39, 0.29) is 6.04 Å². The van der Waals surface area contributed by atoms with E-state index >= 15 is 0 Å². The van der Waals surface area contributed by atoms with Gasteiger partial charge >= 0.3 is 0 Å². The predicted molar refractivity (Wildman–Crippen MR) is 67.1 cm³/mol. The Kier molecular flexibility index (Phi) is 2.14. The van der Waals surface area contributed by atoms with Gasteiger partial charge < -0.3 is 10.3 Å². The van der Waals surface area contributed by atoms with E-state index in [2.05, 4.69) is 30.2 Å². The lowest BCUT2D eigenvalue weighted by atomic mass is 10.1. The minimum atomic E-state index is 0.210. The van der Waals surface area contributed by atoms with E-state index in [1.54, 1.807) is 30.1 Å². The Hall–Kier alpha value is -1.86. The second kappa shape index (κ2) is 3.82. The minimum absolute atomic E-state index is 0.210. The Morgan fingerprint density at radius 1 is 1.22 bits per heavy atom. The zero-order chi connectivity index (χ0) is 11.9. The molecule has 0 fully saturated rings. The summed E-state index contributed by atoms with van der Waals surface area (Å²) in [6.07, 6.45) is 5.98. The summed E-state index contributed by atoms with van der Waals surface area (Å²) in [7, 11) is 0. The van der Waals surface area contributed by atoms with Crippen LogP contribution in [0.25, 0.3) is 10.5 Å². The number of aromatic amines is 1. The van der Waals surface area contributed by atoms with Gasteiger partial charge in [-0.15, -0.1) is 0 Å². The highest BCUT2D eigenvalue weighted by Gasteiger charge is 2.24. The molecule has 1 unspecified atom stereocenters. The van der Waals surface area contributed by atoms with Crippen LogP contribution in [0, 0.1) is 0 Å².